The van der Waals surface area contributed by atoms with E-state index in [1.54, 1.807) is 25.1 Å². The summed E-state index contributed by atoms with van der Waals surface area (Å²) in [4.78, 5) is 22.6. The van der Waals surface area contributed by atoms with Crippen molar-refractivity contribution in [3.05, 3.63) is 41.6 Å². The second kappa shape index (κ2) is 7.30. The van der Waals surface area contributed by atoms with E-state index in [2.05, 4.69) is 10.4 Å². The molecule has 2 rings (SSSR count). The summed E-state index contributed by atoms with van der Waals surface area (Å²) < 4.78 is 6.82. The molecule has 0 bridgehead atoms. The number of ether oxygens (including phenoxy) is 1. The van der Waals surface area contributed by atoms with Crippen molar-refractivity contribution in [1.82, 2.24) is 15.1 Å². The van der Waals surface area contributed by atoms with Gasteiger partial charge in [0.2, 0.25) is 5.91 Å². The maximum absolute atomic E-state index is 11.8. The smallest absolute Gasteiger partial charge is 0.335 e. The van der Waals surface area contributed by atoms with Gasteiger partial charge < -0.3 is 20.9 Å². The van der Waals surface area contributed by atoms with E-state index in [0.717, 1.165) is 5.69 Å². The fourth-order valence-corrected chi connectivity index (χ4v) is 1.96. The van der Waals surface area contributed by atoms with Crippen molar-refractivity contribution in [3.63, 3.8) is 0 Å². The van der Waals surface area contributed by atoms with E-state index in [4.69, 9.17) is 15.6 Å². The lowest BCUT2D eigenvalue weighted by Crippen LogP contribution is -2.31. The zero-order chi connectivity index (χ0) is 16.8. The third-order valence-corrected chi connectivity index (χ3v) is 3.00. The fourth-order valence-electron chi connectivity index (χ4n) is 1.96. The second-order valence-corrected chi connectivity index (χ2v) is 4.90. The van der Waals surface area contributed by atoms with Crippen molar-refractivity contribution >= 4 is 17.7 Å². The number of carbonyl (C=O) groups excluding carboxylic acids is 1. The number of carboxylic acid groups (broad SMARTS) is 1. The first-order valence-corrected chi connectivity index (χ1v) is 6.98. The fraction of sp³-hybridized carbons (Fsp3) is 0.267. The highest BCUT2D eigenvalue weighted by molar-refractivity contribution is 5.88. The van der Waals surface area contributed by atoms with Gasteiger partial charge in [0, 0.05) is 6.07 Å². The minimum Gasteiger partial charge on any atom is -0.492 e. The first-order valence-electron chi connectivity index (χ1n) is 6.98. The molecule has 122 valence electrons. The lowest BCUT2D eigenvalue weighted by Gasteiger charge is -2.09. The molecule has 0 radical (unpaired) electrons. The molecular weight excluding hydrogens is 300 g/mol. The molecule has 1 aromatic heterocycles. The Bertz CT molecular complexity index is 711. The van der Waals surface area contributed by atoms with Crippen LogP contribution in [0.15, 0.2) is 30.3 Å². The quantitative estimate of drug-likeness (QED) is 0.645. The summed E-state index contributed by atoms with van der Waals surface area (Å²) in [5.41, 5.74) is 6.60. The Kier molecular flexibility index (Phi) is 5.19. The predicted molar refractivity (Wildman–Crippen MR) is 83.3 cm³/mol. The highest BCUT2D eigenvalue weighted by Crippen LogP contribution is 2.12. The van der Waals surface area contributed by atoms with Gasteiger partial charge in [0.05, 0.1) is 17.8 Å². The molecule has 0 aliphatic heterocycles. The van der Waals surface area contributed by atoms with E-state index >= 15 is 0 Å². The van der Waals surface area contributed by atoms with Gasteiger partial charge in [0.1, 0.15) is 24.7 Å². The SMILES string of the molecule is Cc1cc(N)n(CC(=O)NCCOc2cccc(C(=O)O)c2)n1. The molecule has 1 aromatic carbocycles. The number of carbonyl (C=O) groups is 2. The van der Waals surface area contributed by atoms with Crippen LogP contribution in [-0.4, -0.2) is 39.9 Å². The number of aromatic nitrogens is 2. The van der Waals surface area contributed by atoms with E-state index in [-0.39, 0.29) is 31.2 Å². The maximum Gasteiger partial charge on any atom is 0.335 e. The minimum atomic E-state index is -1.02. The Hall–Kier alpha value is -3.03. The Balaban J connectivity index is 1.75. The minimum absolute atomic E-state index is 0.0359. The molecule has 1 amide bonds. The van der Waals surface area contributed by atoms with Crippen LogP contribution in [0, 0.1) is 6.92 Å². The van der Waals surface area contributed by atoms with Gasteiger partial charge in [-0.05, 0) is 25.1 Å². The number of nitrogens with one attached hydrogen (secondary N) is 1. The van der Waals surface area contributed by atoms with E-state index < -0.39 is 5.97 Å². The van der Waals surface area contributed by atoms with Crippen molar-refractivity contribution in [2.45, 2.75) is 13.5 Å². The molecule has 0 atom stereocenters. The molecule has 0 aliphatic carbocycles. The van der Waals surface area contributed by atoms with Crippen molar-refractivity contribution in [2.75, 3.05) is 18.9 Å². The molecule has 23 heavy (non-hydrogen) atoms. The van der Waals surface area contributed by atoms with E-state index in [1.807, 2.05) is 0 Å². The van der Waals surface area contributed by atoms with E-state index in [0.29, 0.717) is 11.6 Å². The highest BCUT2D eigenvalue weighted by atomic mass is 16.5. The summed E-state index contributed by atoms with van der Waals surface area (Å²) in [6.07, 6.45) is 0. The summed E-state index contributed by atoms with van der Waals surface area (Å²) in [7, 11) is 0. The number of hydrogen-bond acceptors (Lipinski definition) is 5. The number of nitrogen functional groups attached to an aromatic ring is 1. The average molecular weight is 318 g/mol. The number of aromatic carboxylic acids is 1. The van der Waals surface area contributed by atoms with Crippen molar-refractivity contribution in [2.24, 2.45) is 0 Å². The number of rotatable bonds is 7. The summed E-state index contributed by atoms with van der Waals surface area (Å²) in [6, 6.07) is 7.85. The predicted octanol–water partition coefficient (Wildman–Crippen LogP) is 0.667. The molecule has 2 aromatic rings. The summed E-state index contributed by atoms with van der Waals surface area (Å²) in [5, 5.41) is 15.7. The number of nitrogens with two attached hydrogens (primary N) is 1. The first kappa shape index (κ1) is 16.3. The van der Waals surface area contributed by atoms with Crippen molar-refractivity contribution in [1.29, 1.82) is 0 Å². The van der Waals surface area contributed by atoms with Crippen LogP contribution in [0.3, 0.4) is 0 Å². The molecule has 4 N–H and O–H groups in total. The number of carboxylic acids is 1. The molecule has 0 unspecified atom stereocenters. The maximum atomic E-state index is 11.8. The van der Waals surface area contributed by atoms with Crippen LogP contribution in [0.2, 0.25) is 0 Å². The van der Waals surface area contributed by atoms with E-state index in [1.165, 1.54) is 16.8 Å². The van der Waals surface area contributed by atoms with Gasteiger partial charge in [-0.15, -0.1) is 0 Å². The molecule has 0 saturated heterocycles. The van der Waals surface area contributed by atoms with Gasteiger partial charge in [-0.1, -0.05) is 6.07 Å². The third-order valence-electron chi connectivity index (χ3n) is 3.00. The molecule has 1 heterocycles. The van der Waals surface area contributed by atoms with Crippen LogP contribution in [0.4, 0.5) is 5.82 Å². The van der Waals surface area contributed by atoms with Gasteiger partial charge >= 0.3 is 5.97 Å². The summed E-state index contributed by atoms with van der Waals surface area (Å²) in [5.74, 6) is -0.385. The lowest BCUT2D eigenvalue weighted by molar-refractivity contribution is -0.121. The third kappa shape index (κ3) is 4.73. The molecule has 0 fully saturated rings. The Morgan fingerprint density at radius 2 is 2.17 bits per heavy atom. The van der Waals surface area contributed by atoms with Crippen LogP contribution < -0.4 is 15.8 Å². The number of aryl methyl sites for hydroxylation is 1. The number of nitrogens with zero attached hydrogens (tertiary/aromatic N) is 2. The zero-order valence-corrected chi connectivity index (χ0v) is 12.7. The van der Waals surface area contributed by atoms with Crippen LogP contribution in [-0.2, 0) is 11.3 Å². The van der Waals surface area contributed by atoms with Crippen LogP contribution >= 0.6 is 0 Å². The van der Waals surface area contributed by atoms with Crippen molar-refractivity contribution < 1.29 is 19.4 Å². The molecule has 8 heteroatoms. The first-order chi connectivity index (χ1) is 11.0. The van der Waals surface area contributed by atoms with Gasteiger partial charge in [0.15, 0.2) is 0 Å². The lowest BCUT2D eigenvalue weighted by atomic mass is 10.2. The number of amides is 1. The Morgan fingerprint density at radius 3 is 2.83 bits per heavy atom. The normalized spacial score (nSPS) is 10.3. The van der Waals surface area contributed by atoms with Crippen LogP contribution in [0.5, 0.6) is 5.75 Å². The highest BCUT2D eigenvalue weighted by Gasteiger charge is 2.07. The summed E-state index contributed by atoms with van der Waals surface area (Å²) >= 11 is 0. The molecular formula is C15H18N4O4. The zero-order valence-electron chi connectivity index (χ0n) is 12.7. The molecule has 0 spiro atoms. The number of anilines is 1. The van der Waals surface area contributed by atoms with Gasteiger partial charge in [-0.3, -0.25) is 4.79 Å². The van der Waals surface area contributed by atoms with Crippen molar-refractivity contribution in [3.8, 4) is 5.75 Å². The average Bonchev–Trinajstić information content (AvgIpc) is 2.81. The second-order valence-electron chi connectivity index (χ2n) is 4.90. The Labute approximate surface area is 132 Å². The Morgan fingerprint density at radius 1 is 1.39 bits per heavy atom. The van der Waals surface area contributed by atoms with E-state index in [9.17, 15) is 9.59 Å². The van der Waals surface area contributed by atoms with Crippen LogP contribution in [0.25, 0.3) is 0 Å². The van der Waals surface area contributed by atoms with Gasteiger partial charge in [0.25, 0.3) is 0 Å². The van der Waals surface area contributed by atoms with Crippen LogP contribution in [0.1, 0.15) is 16.1 Å². The number of hydrogen-bond donors (Lipinski definition) is 3. The van der Waals surface area contributed by atoms with Gasteiger partial charge in [-0.2, -0.15) is 5.10 Å². The van der Waals surface area contributed by atoms with Gasteiger partial charge in [-0.25, -0.2) is 9.48 Å². The topological polar surface area (TPSA) is 119 Å². The number of benzene rings is 1. The molecule has 8 nitrogen and oxygen atoms in total. The molecule has 0 aliphatic rings. The summed E-state index contributed by atoms with van der Waals surface area (Å²) in [6.45, 7) is 2.34. The molecule has 0 saturated carbocycles. The standard InChI is InChI=1S/C15H18N4O4/c1-10-7-13(16)19(18-10)9-14(20)17-5-6-23-12-4-2-3-11(8-12)15(21)22/h2-4,7-8H,5-6,9,16H2,1H3,(H,17,20)(H,21,22). The largest absolute Gasteiger partial charge is 0.492 e. The monoisotopic (exact) mass is 318 g/mol.